The van der Waals surface area contributed by atoms with Gasteiger partial charge in [-0.3, -0.25) is 9.59 Å². The van der Waals surface area contributed by atoms with E-state index < -0.39 is 5.91 Å². The zero-order valence-corrected chi connectivity index (χ0v) is 17.6. The summed E-state index contributed by atoms with van der Waals surface area (Å²) in [4.78, 5) is 25.3. The molecule has 0 saturated carbocycles. The first-order valence-corrected chi connectivity index (χ1v) is 10.3. The van der Waals surface area contributed by atoms with Gasteiger partial charge in [0.25, 0.3) is 11.5 Å². The number of rotatable bonds is 7. The van der Waals surface area contributed by atoms with E-state index in [4.69, 9.17) is 4.74 Å². The fourth-order valence-corrected chi connectivity index (χ4v) is 3.28. The third-order valence-corrected chi connectivity index (χ3v) is 4.91. The quantitative estimate of drug-likeness (QED) is 0.360. The van der Waals surface area contributed by atoms with E-state index >= 15 is 0 Å². The molecular formula is C25H22N4O3. The van der Waals surface area contributed by atoms with E-state index in [0.29, 0.717) is 29.7 Å². The highest BCUT2D eigenvalue weighted by Gasteiger charge is 2.15. The number of para-hydroxylation sites is 1. The average Bonchev–Trinajstić information content (AvgIpc) is 2.84. The van der Waals surface area contributed by atoms with Gasteiger partial charge in [0, 0.05) is 17.5 Å². The van der Waals surface area contributed by atoms with Crippen LogP contribution < -0.4 is 15.7 Å². The monoisotopic (exact) mass is 426 g/mol. The molecule has 1 aromatic heterocycles. The molecule has 7 heteroatoms. The Morgan fingerprint density at radius 3 is 2.47 bits per heavy atom. The number of ether oxygens (including phenoxy) is 1. The van der Waals surface area contributed by atoms with Gasteiger partial charge in [0.2, 0.25) is 0 Å². The van der Waals surface area contributed by atoms with Crippen molar-refractivity contribution in [2.75, 3.05) is 0 Å². The van der Waals surface area contributed by atoms with E-state index in [1.165, 1.54) is 10.9 Å². The SMILES string of the molecule is CCn1nc(C(=O)N/N=C/c2ccccc2OCc2ccccc2)c2ccccc2c1=O. The standard InChI is InChI=1S/C25H22N4O3/c1-2-29-25(31)21-14-8-7-13-20(21)23(28-29)24(30)27-26-16-19-12-6-9-15-22(19)32-17-18-10-4-3-5-11-18/h3-16H,2,17H2,1H3,(H,27,30)/b26-16+. The molecule has 4 rings (SSSR count). The van der Waals surface area contributed by atoms with Crippen LogP contribution in [-0.4, -0.2) is 21.9 Å². The summed E-state index contributed by atoms with van der Waals surface area (Å²) in [5.41, 5.74) is 4.20. The lowest BCUT2D eigenvalue weighted by molar-refractivity contribution is 0.0949. The fraction of sp³-hybridized carbons (Fsp3) is 0.120. The lowest BCUT2D eigenvalue weighted by atomic mass is 10.1. The van der Waals surface area contributed by atoms with E-state index in [1.54, 1.807) is 31.2 Å². The van der Waals surface area contributed by atoms with Crippen LogP contribution in [0.15, 0.2) is 88.8 Å². The molecule has 160 valence electrons. The van der Waals surface area contributed by atoms with Crippen LogP contribution in [0.2, 0.25) is 0 Å². The third-order valence-electron chi connectivity index (χ3n) is 4.91. The van der Waals surface area contributed by atoms with Crippen molar-refractivity contribution >= 4 is 22.9 Å². The Morgan fingerprint density at radius 2 is 1.69 bits per heavy atom. The second kappa shape index (κ2) is 9.70. The van der Waals surface area contributed by atoms with Crippen LogP contribution in [0.4, 0.5) is 0 Å². The maximum absolute atomic E-state index is 12.8. The number of hydrogen-bond acceptors (Lipinski definition) is 5. The van der Waals surface area contributed by atoms with Crippen LogP contribution in [0.5, 0.6) is 5.75 Å². The topological polar surface area (TPSA) is 85.6 Å². The smallest absolute Gasteiger partial charge is 0.292 e. The lowest BCUT2D eigenvalue weighted by Gasteiger charge is -2.09. The number of aryl methyl sites for hydroxylation is 1. The molecule has 0 radical (unpaired) electrons. The number of aromatic nitrogens is 2. The van der Waals surface area contributed by atoms with Crippen molar-refractivity contribution in [3.8, 4) is 5.75 Å². The minimum Gasteiger partial charge on any atom is -0.488 e. The van der Waals surface area contributed by atoms with Gasteiger partial charge in [-0.2, -0.15) is 10.2 Å². The number of fused-ring (bicyclic) bond motifs is 1. The van der Waals surface area contributed by atoms with Crippen LogP contribution in [0.1, 0.15) is 28.5 Å². The number of amides is 1. The Balaban J connectivity index is 1.52. The second-order valence-electron chi connectivity index (χ2n) is 7.03. The molecule has 1 amide bonds. The van der Waals surface area contributed by atoms with Gasteiger partial charge < -0.3 is 4.74 Å². The van der Waals surface area contributed by atoms with Crippen molar-refractivity contribution in [3.63, 3.8) is 0 Å². The van der Waals surface area contributed by atoms with Crippen molar-refractivity contribution in [2.45, 2.75) is 20.1 Å². The molecule has 4 aromatic rings. The Morgan fingerprint density at radius 1 is 1.00 bits per heavy atom. The summed E-state index contributed by atoms with van der Waals surface area (Å²) in [7, 11) is 0. The first kappa shape index (κ1) is 21.0. The van der Waals surface area contributed by atoms with E-state index in [2.05, 4.69) is 15.6 Å². The number of nitrogens with zero attached hydrogens (tertiary/aromatic N) is 3. The van der Waals surface area contributed by atoms with E-state index in [1.807, 2.05) is 54.6 Å². The van der Waals surface area contributed by atoms with Gasteiger partial charge in [0.1, 0.15) is 12.4 Å². The second-order valence-corrected chi connectivity index (χ2v) is 7.03. The normalized spacial score (nSPS) is 11.0. The van der Waals surface area contributed by atoms with Crippen LogP contribution in [0.25, 0.3) is 10.8 Å². The third kappa shape index (κ3) is 4.57. The number of carbonyl (C=O) groups excluding carboxylic acids is 1. The van der Waals surface area contributed by atoms with Crippen molar-refractivity contribution in [1.82, 2.24) is 15.2 Å². The Hall–Kier alpha value is -4.26. The average molecular weight is 426 g/mol. The fourth-order valence-electron chi connectivity index (χ4n) is 3.28. The number of hydrazone groups is 1. The molecule has 32 heavy (non-hydrogen) atoms. The van der Waals surface area contributed by atoms with Gasteiger partial charge in [0.05, 0.1) is 11.6 Å². The first-order valence-electron chi connectivity index (χ1n) is 10.3. The number of hydrogen-bond donors (Lipinski definition) is 1. The van der Waals surface area contributed by atoms with Crippen LogP contribution in [0.3, 0.4) is 0 Å². The van der Waals surface area contributed by atoms with Gasteiger partial charge in [-0.05, 0) is 30.7 Å². The molecule has 1 N–H and O–H groups in total. The van der Waals surface area contributed by atoms with E-state index in [0.717, 1.165) is 11.1 Å². The minimum atomic E-state index is -0.498. The molecule has 3 aromatic carbocycles. The maximum atomic E-state index is 12.8. The summed E-state index contributed by atoms with van der Waals surface area (Å²) >= 11 is 0. The zero-order chi connectivity index (χ0) is 22.3. The summed E-state index contributed by atoms with van der Waals surface area (Å²) in [6, 6.07) is 24.2. The van der Waals surface area contributed by atoms with Gasteiger partial charge >= 0.3 is 0 Å². The minimum absolute atomic E-state index is 0.146. The summed E-state index contributed by atoms with van der Waals surface area (Å²) in [6.07, 6.45) is 1.52. The maximum Gasteiger partial charge on any atom is 0.292 e. The Kier molecular flexibility index (Phi) is 6.36. The predicted molar refractivity (Wildman–Crippen MR) is 124 cm³/mol. The zero-order valence-electron chi connectivity index (χ0n) is 17.6. The molecular weight excluding hydrogens is 404 g/mol. The highest BCUT2D eigenvalue weighted by Crippen LogP contribution is 2.18. The summed E-state index contributed by atoms with van der Waals surface area (Å²) in [6.45, 7) is 2.58. The van der Waals surface area contributed by atoms with Gasteiger partial charge in [-0.25, -0.2) is 10.1 Å². The number of carbonyl (C=O) groups is 1. The predicted octanol–water partition coefficient (Wildman–Crippen LogP) is 3.76. The van der Waals surface area contributed by atoms with Crippen molar-refractivity contribution < 1.29 is 9.53 Å². The molecule has 1 heterocycles. The van der Waals surface area contributed by atoms with E-state index in [9.17, 15) is 9.59 Å². The highest BCUT2D eigenvalue weighted by atomic mass is 16.5. The van der Waals surface area contributed by atoms with Crippen LogP contribution in [0, 0.1) is 0 Å². The highest BCUT2D eigenvalue weighted by molar-refractivity contribution is 6.05. The molecule has 0 bridgehead atoms. The Labute approximate surface area is 185 Å². The van der Waals surface area contributed by atoms with Crippen LogP contribution >= 0.6 is 0 Å². The summed E-state index contributed by atoms with van der Waals surface area (Å²) < 4.78 is 7.18. The Bertz CT molecular complexity index is 1330. The molecule has 0 spiro atoms. The van der Waals surface area contributed by atoms with Gasteiger partial charge in [0.15, 0.2) is 5.69 Å². The molecule has 0 fully saturated rings. The largest absolute Gasteiger partial charge is 0.488 e. The van der Waals surface area contributed by atoms with Crippen molar-refractivity contribution in [3.05, 3.63) is 106 Å². The summed E-state index contributed by atoms with van der Waals surface area (Å²) in [5.74, 6) is 0.153. The lowest BCUT2D eigenvalue weighted by Crippen LogP contribution is -2.28. The molecule has 0 aliphatic heterocycles. The van der Waals surface area contributed by atoms with Crippen molar-refractivity contribution in [2.24, 2.45) is 5.10 Å². The molecule has 7 nitrogen and oxygen atoms in total. The van der Waals surface area contributed by atoms with Crippen LogP contribution in [-0.2, 0) is 13.2 Å². The molecule has 0 aliphatic rings. The molecule has 0 aliphatic carbocycles. The molecule has 0 unspecified atom stereocenters. The van der Waals surface area contributed by atoms with Gasteiger partial charge in [-0.15, -0.1) is 0 Å². The van der Waals surface area contributed by atoms with E-state index in [-0.39, 0.29) is 11.3 Å². The van der Waals surface area contributed by atoms with Gasteiger partial charge in [-0.1, -0.05) is 60.7 Å². The molecule has 0 saturated heterocycles. The first-order chi connectivity index (χ1) is 15.7. The number of nitrogens with one attached hydrogen (secondary N) is 1. The summed E-state index contributed by atoms with van der Waals surface area (Å²) in [5, 5.41) is 9.24. The van der Waals surface area contributed by atoms with Crippen molar-refractivity contribution in [1.29, 1.82) is 0 Å². The number of benzene rings is 3. The molecule has 0 atom stereocenters.